The number of nitrogens with zero attached hydrogens (tertiary/aromatic N) is 5. The van der Waals surface area contributed by atoms with Crippen LogP contribution in [0.3, 0.4) is 0 Å². The van der Waals surface area contributed by atoms with E-state index in [1.54, 1.807) is 35.4 Å². The molecular weight excluding hydrogens is 313 g/mol. The summed E-state index contributed by atoms with van der Waals surface area (Å²) in [6, 6.07) is 5.40. The summed E-state index contributed by atoms with van der Waals surface area (Å²) in [6.07, 6.45) is 4.86. The molecule has 21 heavy (non-hydrogen) atoms. The van der Waals surface area contributed by atoms with Crippen molar-refractivity contribution in [3.8, 4) is 17.7 Å². The SMILES string of the molecule is Cc1ccc(Cl)cc1Oc1nc(Cl)nc(-n2ccnc2)n1. The highest BCUT2D eigenvalue weighted by Crippen LogP contribution is 2.26. The van der Waals surface area contributed by atoms with Crippen LogP contribution in [0, 0.1) is 6.92 Å². The van der Waals surface area contributed by atoms with Gasteiger partial charge < -0.3 is 4.74 Å². The summed E-state index contributed by atoms with van der Waals surface area (Å²) in [6.45, 7) is 1.89. The molecule has 0 N–H and O–H groups in total. The van der Waals surface area contributed by atoms with Gasteiger partial charge in [0, 0.05) is 17.4 Å². The molecule has 0 unspecified atom stereocenters. The minimum atomic E-state index is 0.0309. The van der Waals surface area contributed by atoms with E-state index in [2.05, 4.69) is 19.9 Å². The Hall–Kier alpha value is -2.18. The van der Waals surface area contributed by atoms with Crippen LogP contribution in [0.25, 0.3) is 5.95 Å². The van der Waals surface area contributed by atoms with E-state index in [1.807, 2.05) is 13.0 Å². The first kappa shape index (κ1) is 13.8. The molecule has 0 radical (unpaired) electrons. The molecule has 0 spiro atoms. The van der Waals surface area contributed by atoms with Crippen LogP contribution in [0.1, 0.15) is 5.56 Å². The van der Waals surface area contributed by atoms with Crippen molar-refractivity contribution < 1.29 is 4.74 Å². The summed E-state index contributed by atoms with van der Waals surface area (Å²) in [7, 11) is 0. The van der Waals surface area contributed by atoms with Gasteiger partial charge in [0.15, 0.2) is 0 Å². The Labute approximate surface area is 130 Å². The predicted octanol–water partition coefficient (Wildman–Crippen LogP) is 3.46. The van der Waals surface area contributed by atoms with E-state index in [1.165, 1.54) is 0 Å². The number of halogens is 2. The molecule has 3 rings (SSSR count). The van der Waals surface area contributed by atoms with Crippen LogP contribution in [0.15, 0.2) is 36.9 Å². The van der Waals surface area contributed by atoms with Crippen LogP contribution in [0.5, 0.6) is 11.8 Å². The molecular formula is C13H9Cl2N5O. The van der Waals surface area contributed by atoms with Gasteiger partial charge in [-0.1, -0.05) is 17.7 Å². The summed E-state index contributed by atoms with van der Waals surface area (Å²) >= 11 is 11.9. The summed E-state index contributed by atoms with van der Waals surface area (Å²) in [5.74, 6) is 0.878. The lowest BCUT2D eigenvalue weighted by Gasteiger charge is -2.08. The molecule has 0 aliphatic rings. The van der Waals surface area contributed by atoms with E-state index in [-0.39, 0.29) is 11.3 Å². The van der Waals surface area contributed by atoms with Crippen LogP contribution in [0.2, 0.25) is 10.3 Å². The van der Waals surface area contributed by atoms with Gasteiger partial charge in [-0.25, -0.2) is 4.98 Å². The third-order valence-corrected chi connectivity index (χ3v) is 3.07. The second-order valence-electron chi connectivity index (χ2n) is 4.17. The largest absolute Gasteiger partial charge is 0.424 e. The number of aromatic nitrogens is 5. The molecule has 8 heteroatoms. The first-order valence-electron chi connectivity index (χ1n) is 5.96. The quantitative estimate of drug-likeness (QED) is 0.739. The second-order valence-corrected chi connectivity index (χ2v) is 4.94. The Balaban J connectivity index is 1.97. The first-order valence-corrected chi connectivity index (χ1v) is 6.71. The molecule has 0 saturated carbocycles. The molecule has 2 aromatic heterocycles. The molecule has 0 atom stereocenters. The van der Waals surface area contributed by atoms with Gasteiger partial charge in [-0.15, -0.1) is 0 Å². The zero-order valence-corrected chi connectivity index (χ0v) is 12.4. The van der Waals surface area contributed by atoms with Crippen molar-refractivity contribution in [2.24, 2.45) is 0 Å². The monoisotopic (exact) mass is 321 g/mol. The maximum atomic E-state index is 5.96. The molecule has 0 saturated heterocycles. The lowest BCUT2D eigenvalue weighted by molar-refractivity contribution is 0.435. The summed E-state index contributed by atoms with van der Waals surface area (Å²) in [4.78, 5) is 16.1. The fourth-order valence-electron chi connectivity index (χ4n) is 1.64. The Bertz CT molecular complexity index is 776. The normalized spacial score (nSPS) is 10.6. The Kier molecular flexibility index (Phi) is 3.72. The summed E-state index contributed by atoms with van der Waals surface area (Å²) in [5.41, 5.74) is 0.903. The lowest BCUT2D eigenvalue weighted by Crippen LogP contribution is -2.03. The molecule has 106 valence electrons. The van der Waals surface area contributed by atoms with Crippen molar-refractivity contribution in [1.29, 1.82) is 0 Å². The Morgan fingerprint density at radius 3 is 2.76 bits per heavy atom. The van der Waals surface area contributed by atoms with Gasteiger partial charge in [0.05, 0.1) is 0 Å². The molecule has 0 aliphatic carbocycles. The molecule has 6 nitrogen and oxygen atoms in total. The van der Waals surface area contributed by atoms with Crippen molar-refractivity contribution in [1.82, 2.24) is 24.5 Å². The number of hydrogen-bond acceptors (Lipinski definition) is 5. The Morgan fingerprint density at radius 2 is 2.00 bits per heavy atom. The van der Waals surface area contributed by atoms with Crippen molar-refractivity contribution in [2.75, 3.05) is 0 Å². The summed E-state index contributed by atoms with van der Waals surface area (Å²) < 4.78 is 7.25. The van der Waals surface area contributed by atoms with Crippen molar-refractivity contribution >= 4 is 23.2 Å². The van der Waals surface area contributed by atoms with Crippen LogP contribution in [0.4, 0.5) is 0 Å². The number of hydrogen-bond donors (Lipinski definition) is 0. The van der Waals surface area contributed by atoms with E-state index in [9.17, 15) is 0 Å². The molecule has 2 heterocycles. The first-order chi connectivity index (χ1) is 10.1. The van der Waals surface area contributed by atoms with Gasteiger partial charge in [-0.2, -0.15) is 15.0 Å². The van der Waals surface area contributed by atoms with Crippen molar-refractivity contribution in [2.45, 2.75) is 6.92 Å². The van der Waals surface area contributed by atoms with Crippen LogP contribution in [-0.2, 0) is 0 Å². The maximum absolute atomic E-state index is 5.96. The molecule has 0 fully saturated rings. The molecule has 1 aromatic carbocycles. The predicted molar refractivity (Wildman–Crippen MR) is 78.2 cm³/mol. The summed E-state index contributed by atoms with van der Waals surface area (Å²) in [5, 5.41) is 0.592. The smallest absolute Gasteiger partial charge is 0.328 e. The van der Waals surface area contributed by atoms with Gasteiger partial charge in [0.1, 0.15) is 12.1 Å². The number of aryl methyl sites for hydroxylation is 1. The number of rotatable bonds is 3. The standard InChI is InChI=1S/C13H9Cl2N5O/c1-8-2-3-9(14)6-10(8)21-13-18-11(15)17-12(19-13)20-5-4-16-7-20/h2-7H,1H3. The molecule has 3 aromatic rings. The van der Waals surface area contributed by atoms with Gasteiger partial charge >= 0.3 is 6.01 Å². The van der Waals surface area contributed by atoms with Gasteiger partial charge in [-0.05, 0) is 36.2 Å². The van der Waals surface area contributed by atoms with Gasteiger partial charge in [-0.3, -0.25) is 4.57 Å². The van der Waals surface area contributed by atoms with E-state index in [4.69, 9.17) is 27.9 Å². The molecule has 0 amide bonds. The van der Waals surface area contributed by atoms with Crippen molar-refractivity contribution in [3.05, 3.63) is 52.8 Å². The number of imidazole rings is 1. The average Bonchev–Trinajstić information content (AvgIpc) is 2.96. The minimum absolute atomic E-state index is 0.0309. The minimum Gasteiger partial charge on any atom is -0.424 e. The average molecular weight is 322 g/mol. The van der Waals surface area contributed by atoms with Crippen LogP contribution < -0.4 is 4.74 Å². The maximum Gasteiger partial charge on any atom is 0.328 e. The van der Waals surface area contributed by atoms with E-state index in [0.29, 0.717) is 16.7 Å². The van der Waals surface area contributed by atoms with Crippen LogP contribution in [-0.4, -0.2) is 24.5 Å². The van der Waals surface area contributed by atoms with E-state index in [0.717, 1.165) is 5.56 Å². The highest BCUT2D eigenvalue weighted by molar-refractivity contribution is 6.30. The third-order valence-electron chi connectivity index (χ3n) is 2.66. The fraction of sp³-hybridized carbons (Fsp3) is 0.0769. The van der Waals surface area contributed by atoms with Crippen LogP contribution >= 0.6 is 23.2 Å². The topological polar surface area (TPSA) is 65.7 Å². The highest BCUT2D eigenvalue weighted by Gasteiger charge is 2.10. The number of ether oxygens (including phenoxy) is 1. The number of benzene rings is 1. The molecule has 0 aliphatic heterocycles. The Morgan fingerprint density at radius 1 is 1.14 bits per heavy atom. The van der Waals surface area contributed by atoms with Crippen molar-refractivity contribution in [3.63, 3.8) is 0 Å². The fourth-order valence-corrected chi connectivity index (χ4v) is 1.95. The highest BCUT2D eigenvalue weighted by atomic mass is 35.5. The lowest BCUT2D eigenvalue weighted by atomic mass is 10.2. The zero-order valence-electron chi connectivity index (χ0n) is 10.9. The molecule has 0 bridgehead atoms. The van der Waals surface area contributed by atoms with E-state index < -0.39 is 0 Å². The zero-order chi connectivity index (χ0) is 14.8. The third kappa shape index (κ3) is 3.12. The van der Waals surface area contributed by atoms with Gasteiger partial charge in [0.25, 0.3) is 0 Å². The van der Waals surface area contributed by atoms with Gasteiger partial charge in [0.2, 0.25) is 11.2 Å². The van der Waals surface area contributed by atoms with E-state index >= 15 is 0 Å². The second kappa shape index (κ2) is 5.67.